The van der Waals surface area contributed by atoms with Crippen molar-refractivity contribution in [2.45, 2.75) is 6.04 Å². The van der Waals surface area contributed by atoms with Crippen LogP contribution in [-0.2, 0) is 0 Å². The van der Waals surface area contributed by atoms with Gasteiger partial charge in [0.05, 0.1) is 12.2 Å². The lowest BCUT2D eigenvalue weighted by atomic mass is 10.1. The minimum absolute atomic E-state index is 0.0741. The number of rotatable bonds is 1. The van der Waals surface area contributed by atoms with E-state index in [-0.39, 0.29) is 17.2 Å². The summed E-state index contributed by atoms with van der Waals surface area (Å²) in [5, 5.41) is 8.70. The molecule has 1 unspecified atom stereocenters. The van der Waals surface area contributed by atoms with E-state index in [1.165, 1.54) is 6.20 Å². The molecular formula is C11H13N5O. The number of piperazine rings is 3. The molecule has 0 amide bonds. The highest BCUT2D eigenvalue weighted by Crippen LogP contribution is 2.25. The predicted octanol–water partition coefficient (Wildman–Crippen LogP) is -0.686. The number of hydrogen-bond donors (Lipinski definition) is 1. The van der Waals surface area contributed by atoms with Crippen LogP contribution in [0.15, 0.2) is 11.0 Å². The molecule has 0 saturated carbocycles. The molecule has 3 saturated heterocycles. The number of nitriles is 1. The van der Waals surface area contributed by atoms with Crippen molar-refractivity contribution in [3.63, 3.8) is 0 Å². The SMILES string of the molecule is N#Cc1cnc(C2CN3CCN2CC3)[nH]c1=O. The van der Waals surface area contributed by atoms with Crippen molar-refractivity contribution in [3.8, 4) is 6.07 Å². The second-order valence-electron chi connectivity index (χ2n) is 4.48. The van der Waals surface area contributed by atoms with Crippen LogP contribution >= 0.6 is 0 Å². The lowest BCUT2D eigenvalue weighted by molar-refractivity contribution is 0.00854. The number of aromatic amines is 1. The summed E-state index contributed by atoms with van der Waals surface area (Å²) in [7, 11) is 0. The Hall–Kier alpha value is -1.71. The first-order valence-corrected chi connectivity index (χ1v) is 5.73. The van der Waals surface area contributed by atoms with Gasteiger partial charge < -0.3 is 4.98 Å². The summed E-state index contributed by atoms with van der Waals surface area (Å²) in [4.78, 5) is 23.2. The van der Waals surface area contributed by atoms with Gasteiger partial charge in [0.25, 0.3) is 5.56 Å². The van der Waals surface area contributed by atoms with E-state index in [0.29, 0.717) is 5.82 Å². The van der Waals surface area contributed by atoms with E-state index in [1.54, 1.807) is 0 Å². The maximum Gasteiger partial charge on any atom is 0.268 e. The van der Waals surface area contributed by atoms with Crippen molar-refractivity contribution >= 4 is 0 Å². The van der Waals surface area contributed by atoms with Crippen LogP contribution in [0.25, 0.3) is 0 Å². The highest BCUT2D eigenvalue weighted by atomic mass is 16.1. The van der Waals surface area contributed by atoms with Gasteiger partial charge in [-0.15, -0.1) is 0 Å². The van der Waals surface area contributed by atoms with Crippen LogP contribution in [-0.4, -0.2) is 52.5 Å². The molecule has 1 aromatic heterocycles. The van der Waals surface area contributed by atoms with Crippen LogP contribution in [0.5, 0.6) is 0 Å². The van der Waals surface area contributed by atoms with E-state index in [2.05, 4.69) is 19.8 Å². The third-order valence-corrected chi connectivity index (χ3v) is 3.53. The minimum Gasteiger partial charge on any atom is -0.308 e. The van der Waals surface area contributed by atoms with E-state index in [4.69, 9.17) is 5.26 Å². The van der Waals surface area contributed by atoms with E-state index in [1.807, 2.05) is 6.07 Å². The average molecular weight is 231 g/mol. The Bertz CT molecular complexity index is 523. The van der Waals surface area contributed by atoms with E-state index >= 15 is 0 Å². The highest BCUT2D eigenvalue weighted by molar-refractivity contribution is 5.22. The normalized spacial score (nSPS) is 31.1. The summed E-state index contributed by atoms with van der Waals surface area (Å²) in [5.74, 6) is 0.679. The first-order valence-electron chi connectivity index (χ1n) is 5.73. The van der Waals surface area contributed by atoms with Crippen LogP contribution in [0.2, 0.25) is 0 Å². The molecule has 2 bridgehead atoms. The number of hydrogen-bond acceptors (Lipinski definition) is 5. The fourth-order valence-corrected chi connectivity index (χ4v) is 2.53. The van der Waals surface area contributed by atoms with E-state index < -0.39 is 0 Å². The molecule has 0 aliphatic carbocycles. The summed E-state index contributed by atoms with van der Waals surface area (Å²) >= 11 is 0. The Labute approximate surface area is 98.5 Å². The smallest absolute Gasteiger partial charge is 0.268 e. The lowest BCUT2D eigenvalue weighted by Crippen LogP contribution is -2.57. The van der Waals surface area contributed by atoms with E-state index in [9.17, 15) is 4.79 Å². The average Bonchev–Trinajstić information content (AvgIpc) is 2.40. The third kappa shape index (κ3) is 1.73. The summed E-state index contributed by atoms with van der Waals surface area (Å²) in [5.41, 5.74) is -0.264. The van der Waals surface area contributed by atoms with Crippen LogP contribution in [0, 0.1) is 11.3 Å². The third-order valence-electron chi connectivity index (χ3n) is 3.53. The number of nitrogens with one attached hydrogen (secondary N) is 1. The molecule has 3 aliphatic heterocycles. The Morgan fingerprint density at radius 3 is 2.71 bits per heavy atom. The topological polar surface area (TPSA) is 76.0 Å². The number of fused-ring (bicyclic) bond motifs is 3. The molecular weight excluding hydrogens is 218 g/mol. The van der Waals surface area contributed by atoms with Crippen molar-refractivity contribution in [3.05, 3.63) is 27.9 Å². The molecule has 1 aromatic rings. The summed E-state index contributed by atoms with van der Waals surface area (Å²) in [6.07, 6.45) is 1.37. The van der Waals surface area contributed by atoms with Crippen molar-refractivity contribution in [1.29, 1.82) is 5.26 Å². The monoisotopic (exact) mass is 231 g/mol. The van der Waals surface area contributed by atoms with Crippen molar-refractivity contribution < 1.29 is 0 Å². The maximum atomic E-state index is 11.6. The molecule has 17 heavy (non-hydrogen) atoms. The molecule has 1 N–H and O–H groups in total. The molecule has 6 heteroatoms. The first-order chi connectivity index (χ1) is 8.28. The fraction of sp³-hybridized carbons (Fsp3) is 0.545. The van der Waals surface area contributed by atoms with Gasteiger partial charge in [-0.05, 0) is 0 Å². The van der Waals surface area contributed by atoms with Crippen LogP contribution < -0.4 is 5.56 Å². The largest absolute Gasteiger partial charge is 0.308 e. The standard InChI is InChI=1S/C11H13N5O/c12-5-8-6-13-10(14-11(8)17)9-7-15-1-3-16(9)4-2-15/h6,9H,1-4,7H2,(H,13,14,17). The van der Waals surface area contributed by atoms with Gasteiger partial charge in [-0.2, -0.15) is 5.26 Å². The molecule has 0 radical (unpaired) electrons. The van der Waals surface area contributed by atoms with Gasteiger partial charge >= 0.3 is 0 Å². The fourth-order valence-electron chi connectivity index (χ4n) is 2.53. The van der Waals surface area contributed by atoms with Gasteiger partial charge in [-0.1, -0.05) is 0 Å². The van der Waals surface area contributed by atoms with Gasteiger partial charge in [0.1, 0.15) is 17.5 Å². The molecule has 1 atom stereocenters. The summed E-state index contributed by atoms with van der Waals surface area (Å²) in [6, 6.07) is 1.99. The van der Waals surface area contributed by atoms with E-state index in [0.717, 1.165) is 32.7 Å². The summed E-state index contributed by atoms with van der Waals surface area (Å²) < 4.78 is 0. The Morgan fingerprint density at radius 1 is 1.41 bits per heavy atom. The zero-order valence-electron chi connectivity index (χ0n) is 9.39. The maximum absolute atomic E-state index is 11.6. The Morgan fingerprint density at radius 2 is 2.18 bits per heavy atom. The van der Waals surface area contributed by atoms with Crippen LogP contribution in [0.3, 0.4) is 0 Å². The zero-order valence-corrected chi connectivity index (χ0v) is 9.39. The van der Waals surface area contributed by atoms with Crippen LogP contribution in [0.4, 0.5) is 0 Å². The number of aromatic nitrogens is 2. The van der Waals surface area contributed by atoms with Gasteiger partial charge in [0, 0.05) is 32.7 Å². The zero-order chi connectivity index (χ0) is 11.8. The lowest BCUT2D eigenvalue weighted by Gasteiger charge is -2.46. The van der Waals surface area contributed by atoms with Crippen LogP contribution in [0.1, 0.15) is 17.4 Å². The molecule has 4 rings (SSSR count). The Balaban J connectivity index is 1.92. The predicted molar refractivity (Wildman–Crippen MR) is 60.3 cm³/mol. The van der Waals surface area contributed by atoms with Gasteiger partial charge in [0.15, 0.2) is 0 Å². The quantitative estimate of drug-likeness (QED) is 0.692. The molecule has 0 aromatic carbocycles. The molecule has 0 spiro atoms. The minimum atomic E-state index is -0.338. The second kappa shape index (κ2) is 3.95. The van der Waals surface area contributed by atoms with Gasteiger partial charge in [0.2, 0.25) is 0 Å². The molecule has 6 nitrogen and oxygen atoms in total. The number of H-pyrrole nitrogens is 1. The molecule has 3 aliphatic rings. The van der Waals surface area contributed by atoms with Crippen molar-refractivity contribution in [2.24, 2.45) is 0 Å². The molecule has 3 fully saturated rings. The first kappa shape index (κ1) is 10.4. The number of nitrogens with zero attached hydrogens (tertiary/aromatic N) is 4. The summed E-state index contributed by atoms with van der Waals surface area (Å²) in [6.45, 7) is 5.14. The Kier molecular flexibility index (Phi) is 2.42. The molecule has 4 heterocycles. The molecule has 88 valence electrons. The van der Waals surface area contributed by atoms with Gasteiger partial charge in [-0.3, -0.25) is 14.6 Å². The van der Waals surface area contributed by atoms with Crippen molar-refractivity contribution in [1.82, 2.24) is 19.8 Å². The highest BCUT2D eigenvalue weighted by Gasteiger charge is 2.34. The second-order valence-corrected chi connectivity index (χ2v) is 4.48. The van der Waals surface area contributed by atoms with Crippen molar-refractivity contribution in [2.75, 3.05) is 32.7 Å². The van der Waals surface area contributed by atoms with Gasteiger partial charge in [-0.25, -0.2) is 4.98 Å².